The number of likely N-dealkylation sites (N-methyl/N-ethyl adjacent to an activating group) is 1. The maximum atomic E-state index is 6.59. The Balaban J connectivity index is 1.70. The molecule has 138 valence electrons. The van der Waals surface area contributed by atoms with Crippen LogP contribution in [0.5, 0.6) is 0 Å². The Morgan fingerprint density at radius 1 is 1.27 bits per heavy atom. The lowest BCUT2D eigenvalue weighted by molar-refractivity contribution is -0.665. The van der Waals surface area contributed by atoms with Gasteiger partial charge < -0.3 is 15.0 Å². The summed E-state index contributed by atoms with van der Waals surface area (Å²) in [6, 6.07) is 8.26. The summed E-state index contributed by atoms with van der Waals surface area (Å²) >= 11 is 6.29. The van der Waals surface area contributed by atoms with Crippen molar-refractivity contribution in [1.29, 1.82) is 0 Å². The van der Waals surface area contributed by atoms with Crippen LogP contribution in [0.2, 0.25) is 5.02 Å². The summed E-state index contributed by atoms with van der Waals surface area (Å²) in [7, 11) is 2.12. The summed E-state index contributed by atoms with van der Waals surface area (Å²) in [6.45, 7) is 5.54. The van der Waals surface area contributed by atoms with E-state index in [1.165, 1.54) is 16.7 Å². The first-order valence-corrected chi connectivity index (χ1v) is 9.99. The quantitative estimate of drug-likeness (QED) is 0.882. The normalized spacial score (nSPS) is 26.6. The first kappa shape index (κ1) is 17.7. The SMILES string of the molecule is CN1C=CC2=C(C1)C(OC1CC[NH2+]CC1)=CC(C)(c1cccc(Cl)c1)C2. The molecule has 1 aromatic rings. The molecule has 4 heteroatoms. The van der Waals surface area contributed by atoms with E-state index in [9.17, 15) is 0 Å². The van der Waals surface area contributed by atoms with Gasteiger partial charge >= 0.3 is 0 Å². The van der Waals surface area contributed by atoms with Crippen LogP contribution >= 0.6 is 11.6 Å². The van der Waals surface area contributed by atoms with Crippen molar-refractivity contribution in [2.75, 3.05) is 26.7 Å². The van der Waals surface area contributed by atoms with Gasteiger partial charge in [-0.2, -0.15) is 0 Å². The van der Waals surface area contributed by atoms with Crippen LogP contribution in [0.4, 0.5) is 0 Å². The van der Waals surface area contributed by atoms with Crippen molar-refractivity contribution < 1.29 is 10.1 Å². The summed E-state index contributed by atoms with van der Waals surface area (Å²) < 4.78 is 6.59. The zero-order valence-electron chi connectivity index (χ0n) is 15.7. The highest BCUT2D eigenvalue weighted by molar-refractivity contribution is 6.30. The lowest BCUT2D eigenvalue weighted by atomic mass is 9.72. The first-order valence-electron chi connectivity index (χ1n) is 9.61. The summed E-state index contributed by atoms with van der Waals surface area (Å²) in [5, 5.41) is 3.17. The second-order valence-corrected chi connectivity index (χ2v) is 8.47. The monoisotopic (exact) mass is 371 g/mol. The van der Waals surface area contributed by atoms with Gasteiger partial charge in [0, 0.05) is 42.4 Å². The predicted octanol–water partition coefficient (Wildman–Crippen LogP) is 3.38. The average Bonchev–Trinajstić information content (AvgIpc) is 2.63. The zero-order chi connectivity index (χ0) is 18.1. The van der Waals surface area contributed by atoms with Crippen molar-refractivity contribution in [2.24, 2.45) is 0 Å². The Labute approximate surface area is 161 Å². The van der Waals surface area contributed by atoms with E-state index in [1.54, 1.807) is 0 Å². The highest BCUT2D eigenvalue weighted by Gasteiger charge is 2.35. The van der Waals surface area contributed by atoms with Crippen LogP contribution in [0.25, 0.3) is 0 Å². The molecule has 1 aliphatic carbocycles. The molecule has 0 bridgehead atoms. The van der Waals surface area contributed by atoms with Gasteiger partial charge in [-0.3, -0.25) is 0 Å². The molecule has 0 aromatic heterocycles. The van der Waals surface area contributed by atoms with Gasteiger partial charge in [-0.25, -0.2) is 0 Å². The number of allylic oxidation sites excluding steroid dienone is 3. The molecule has 0 saturated carbocycles. The minimum atomic E-state index is -0.0971. The van der Waals surface area contributed by atoms with Crippen molar-refractivity contribution in [3.63, 3.8) is 0 Å². The van der Waals surface area contributed by atoms with Gasteiger partial charge in [-0.1, -0.05) is 30.7 Å². The molecule has 0 radical (unpaired) electrons. The number of benzene rings is 1. The van der Waals surface area contributed by atoms with Crippen LogP contribution in [-0.2, 0) is 10.2 Å². The third-order valence-corrected chi connectivity index (χ3v) is 6.03. The van der Waals surface area contributed by atoms with Crippen LogP contribution in [0.3, 0.4) is 0 Å². The molecule has 3 aliphatic rings. The number of piperidine rings is 1. The van der Waals surface area contributed by atoms with Crippen LogP contribution in [0.15, 0.2) is 59.5 Å². The Morgan fingerprint density at radius 3 is 2.85 bits per heavy atom. The Kier molecular flexibility index (Phi) is 4.85. The van der Waals surface area contributed by atoms with Gasteiger partial charge in [0.05, 0.1) is 13.1 Å². The fourth-order valence-electron chi connectivity index (χ4n) is 4.27. The predicted molar refractivity (Wildman–Crippen MR) is 106 cm³/mol. The fourth-order valence-corrected chi connectivity index (χ4v) is 4.46. The van der Waals surface area contributed by atoms with Crippen LogP contribution in [-0.4, -0.2) is 37.7 Å². The second kappa shape index (κ2) is 7.13. The highest BCUT2D eigenvalue weighted by Crippen LogP contribution is 2.43. The Morgan fingerprint density at radius 2 is 2.08 bits per heavy atom. The van der Waals surface area contributed by atoms with Gasteiger partial charge in [0.15, 0.2) is 0 Å². The summed E-state index contributed by atoms with van der Waals surface area (Å²) in [4.78, 5) is 2.23. The molecule has 0 spiro atoms. The van der Waals surface area contributed by atoms with E-state index >= 15 is 0 Å². The number of nitrogens with zero attached hydrogens (tertiary/aromatic N) is 1. The van der Waals surface area contributed by atoms with Crippen molar-refractivity contribution >= 4 is 11.6 Å². The van der Waals surface area contributed by atoms with Gasteiger partial charge in [0.25, 0.3) is 0 Å². The maximum absolute atomic E-state index is 6.59. The maximum Gasteiger partial charge on any atom is 0.121 e. The number of nitrogens with two attached hydrogens (primary N) is 1. The van der Waals surface area contributed by atoms with Crippen molar-refractivity contribution in [1.82, 2.24) is 4.90 Å². The molecule has 1 atom stereocenters. The molecule has 1 unspecified atom stereocenters. The lowest BCUT2D eigenvalue weighted by Crippen LogP contribution is -2.86. The molecular weight excluding hydrogens is 344 g/mol. The minimum Gasteiger partial charge on any atom is -0.490 e. The van der Waals surface area contributed by atoms with Crippen LogP contribution in [0, 0.1) is 0 Å². The second-order valence-electron chi connectivity index (χ2n) is 8.03. The van der Waals surface area contributed by atoms with Gasteiger partial charge in [0.1, 0.15) is 11.9 Å². The van der Waals surface area contributed by atoms with Crippen molar-refractivity contribution in [3.8, 4) is 0 Å². The number of halogens is 1. The molecular formula is C22H28ClN2O+. The summed E-state index contributed by atoms with van der Waals surface area (Å²) in [5.74, 6) is 1.08. The number of quaternary nitrogens is 1. The van der Waals surface area contributed by atoms with Crippen LogP contribution in [0.1, 0.15) is 31.7 Å². The molecule has 1 saturated heterocycles. The Bertz CT molecular complexity index is 776. The molecule has 0 amide bonds. The van der Waals surface area contributed by atoms with E-state index < -0.39 is 0 Å². The molecule has 1 fully saturated rings. The number of hydrogen-bond acceptors (Lipinski definition) is 2. The van der Waals surface area contributed by atoms with Gasteiger partial charge in [-0.05, 0) is 48.0 Å². The zero-order valence-corrected chi connectivity index (χ0v) is 16.4. The fraction of sp³-hybridized carbons (Fsp3) is 0.455. The van der Waals surface area contributed by atoms with Crippen molar-refractivity contribution in [3.05, 3.63) is 70.1 Å². The van der Waals surface area contributed by atoms with Gasteiger partial charge in [0.2, 0.25) is 0 Å². The molecule has 2 aliphatic heterocycles. The van der Waals surface area contributed by atoms with E-state index in [4.69, 9.17) is 16.3 Å². The first-order chi connectivity index (χ1) is 12.5. The van der Waals surface area contributed by atoms with Crippen molar-refractivity contribution in [2.45, 2.75) is 37.7 Å². The number of ether oxygens (including phenoxy) is 1. The average molecular weight is 372 g/mol. The smallest absolute Gasteiger partial charge is 0.121 e. The molecule has 4 rings (SSSR count). The van der Waals surface area contributed by atoms with E-state index in [2.05, 4.69) is 54.7 Å². The molecule has 26 heavy (non-hydrogen) atoms. The topological polar surface area (TPSA) is 29.1 Å². The lowest BCUT2D eigenvalue weighted by Gasteiger charge is -2.38. The highest BCUT2D eigenvalue weighted by atomic mass is 35.5. The largest absolute Gasteiger partial charge is 0.490 e. The minimum absolute atomic E-state index is 0.0971. The molecule has 2 N–H and O–H groups in total. The summed E-state index contributed by atoms with van der Waals surface area (Å²) in [5.41, 5.74) is 3.90. The molecule has 1 aromatic carbocycles. The van der Waals surface area contributed by atoms with Gasteiger partial charge in [-0.15, -0.1) is 0 Å². The van der Waals surface area contributed by atoms with E-state index in [-0.39, 0.29) is 5.41 Å². The number of hydrogen-bond donors (Lipinski definition) is 1. The standard InChI is InChI=1S/C22H27ClN2O/c1-22(17-4-3-5-18(23)12-17)13-16-8-11-25(2)15-20(16)21(14-22)26-19-6-9-24-10-7-19/h3-5,8,11-12,14,19,24H,6-7,9-10,13,15H2,1-2H3/p+1. The third-order valence-electron chi connectivity index (χ3n) is 5.79. The van der Waals surface area contributed by atoms with E-state index in [0.29, 0.717) is 6.10 Å². The number of rotatable bonds is 3. The summed E-state index contributed by atoms with van der Waals surface area (Å²) in [6.07, 6.45) is 10.3. The Hall–Kier alpha value is -1.71. The third kappa shape index (κ3) is 3.56. The van der Waals surface area contributed by atoms with E-state index in [0.717, 1.165) is 49.7 Å². The molecule has 3 nitrogen and oxygen atoms in total. The van der Waals surface area contributed by atoms with E-state index in [1.807, 2.05) is 12.1 Å². The van der Waals surface area contributed by atoms with Crippen LogP contribution < -0.4 is 5.32 Å². The molecule has 2 heterocycles.